The molecule has 3 aromatic rings. The number of carbonyl (C=O) groups excluding carboxylic acids is 2. The lowest BCUT2D eigenvalue weighted by atomic mass is 10.2. The second kappa shape index (κ2) is 10.4. The molecule has 0 radical (unpaired) electrons. The number of methoxy groups -OCH3 is 1. The lowest BCUT2D eigenvalue weighted by Gasteiger charge is -2.34. The highest BCUT2D eigenvalue weighted by Gasteiger charge is 2.26. The number of carbonyl (C=O) groups is 2. The van der Waals surface area contributed by atoms with Crippen LogP contribution in [0.5, 0.6) is 0 Å². The molecule has 4 rings (SSSR count). The Morgan fingerprint density at radius 3 is 2.64 bits per heavy atom. The summed E-state index contributed by atoms with van der Waals surface area (Å²) in [6.07, 6.45) is 1.46. The van der Waals surface area contributed by atoms with Gasteiger partial charge >= 0.3 is 0 Å². The highest BCUT2D eigenvalue weighted by atomic mass is 35.5. The maximum atomic E-state index is 13.0. The number of thioether (sulfide) groups is 1. The molecule has 1 aromatic carbocycles. The van der Waals surface area contributed by atoms with E-state index >= 15 is 0 Å². The lowest BCUT2D eigenvalue weighted by molar-refractivity contribution is -0.129. The third kappa shape index (κ3) is 5.23. The Morgan fingerprint density at radius 1 is 1.18 bits per heavy atom. The fourth-order valence-corrected chi connectivity index (χ4v) is 4.69. The van der Waals surface area contributed by atoms with Gasteiger partial charge in [-0.3, -0.25) is 19.0 Å². The van der Waals surface area contributed by atoms with Crippen LogP contribution >= 0.6 is 23.4 Å². The predicted molar refractivity (Wildman–Crippen MR) is 125 cm³/mol. The minimum atomic E-state index is -0.200. The molecular formula is C22H23ClN4O5S. The van der Waals surface area contributed by atoms with Crippen LogP contribution in [0.25, 0.3) is 10.9 Å². The zero-order valence-corrected chi connectivity index (χ0v) is 19.6. The van der Waals surface area contributed by atoms with Gasteiger partial charge in [-0.05, 0) is 30.3 Å². The molecule has 1 aliphatic heterocycles. The molecule has 2 aromatic heterocycles. The van der Waals surface area contributed by atoms with Crippen molar-refractivity contribution in [3.05, 3.63) is 57.7 Å². The van der Waals surface area contributed by atoms with E-state index in [4.69, 9.17) is 20.8 Å². The van der Waals surface area contributed by atoms with Crippen molar-refractivity contribution in [3.8, 4) is 0 Å². The molecule has 0 unspecified atom stereocenters. The van der Waals surface area contributed by atoms with E-state index in [9.17, 15) is 14.4 Å². The van der Waals surface area contributed by atoms with Gasteiger partial charge in [0.2, 0.25) is 5.91 Å². The number of furan rings is 1. The largest absolute Gasteiger partial charge is 0.459 e. The van der Waals surface area contributed by atoms with Gasteiger partial charge in [0.25, 0.3) is 11.5 Å². The summed E-state index contributed by atoms with van der Waals surface area (Å²) >= 11 is 7.28. The van der Waals surface area contributed by atoms with E-state index in [1.807, 2.05) is 0 Å². The van der Waals surface area contributed by atoms with Crippen molar-refractivity contribution in [2.45, 2.75) is 11.7 Å². The molecule has 0 spiro atoms. The standard InChI is InChI=1S/C22H23ClN4O5S/c1-31-12-10-27-20(29)16-5-4-15(23)13-17(16)24-22(27)33-14-19(28)25-6-8-26(9-7-25)21(30)18-3-2-11-32-18/h2-5,11,13H,6-10,12,14H2,1H3. The highest BCUT2D eigenvalue weighted by molar-refractivity contribution is 7.99. The van der Waals surface area contributed by atoms with Gasteiger partial charge in [0.15, 0.2) is 10.9 Å². The minimum Gasteiger partial charge on any atom is -0.459 e. The zero-order valence-electron chi connectivity index (χ0n) is 18.0. The predicted octanol–water partition coefficient (Wildman–Crippen LogP) is 2.37. The van der Waals surface area contributed by atoms with E-state index in [2.05, 4.69) is 4.98 Å². The smallest absolute Gasteiger partial charge is 0.289 e. The first-order valence-corrected chi connectivity index (χ1v) is 11.8. The minimum absolute atomic E-state index is 0.0798. The van der Waals surface area contributed by atoms with Crippen LogP contribution in [-0.2, 0) is 16.1 Å². The van der Waals surface area contributed by atoms with E-state index in [0.29, 0.717) is 66.2 Å². The number of ether oxygens (including phenoxy) is 1. The van der Waals surface area contributed by atoms with Gasteiger partial charge in [0, 0.05) is 38.3 Å². The molecule has 0 atom stereocenters. The average molecular weight is 491 g/mol. The number of halogens is 1. The van der Waals surface area contributed by atoms with Gasteiger partial charge in [-0.15, -0.1) is 0 Å². The lowest BCUT2D eigenvalue weighted by Crippen LogP contribution is -2.51. The first kappa shape index (κ1) is 23.3. The molecule has 0 N–H and O–H groups in total. The number of hydrogen-bond donors (Lipinski definition) is 0. The summed E-state index contributed by atoms with van der Waals surface area (Å²) in [5.74, 6) is 0.158. The molecule has 11 heteroatoms. The van der Waals surface area contributed by atoms with Crippen molar-refractivity contribution < 1.29 is 18.7 Å². The summed E-state index contributed by atoms with van der Waals surface area (Å²) in [5, 5.41) is 1.38. The molecule has 1 aliphatic rings. The molecule has 9 nitrogen and oxygen atoms in total. The monoisotopic (exact) mass is 490 g/mol. The fraction of sp³-hybridized carbons (Fsp3) is 0.364. The maximum absolute atomic E-state index is 13.0. The number of hydrogen-bond acceptors (Lipinski definition) is 7. The van der Waals surface area contributed by atoms with Crippen molar-refractivity contribution in [1.29, 1.82) is 0 Å². The molecule has 0 aliphatic carbocycles. The molecule has 3 heterocycles. The van der Waals surface area contributed by atoms with Gasteiger partial charge in [-0.25, -0.2) is 4.98 Å². The van der Waals surface area contributed by atoms with Gasteiger partial charge in [-0.2, -0.15) is 0 Å². The first-order valence-electron chi connectivity index (χ1n) is 10.4. The zero-order chi connectivity index (χ0) is 23.4. The normalized spacial score (nSPS) is 14.1. The van der Waals surface area contributed by atoms with E-state index in [-0.39, 0.29) is 23.1 Å². The Hall–Kier alpha value is -2.82. The molecule has 0 bridgehead atoms. The third-order valence-electron chi connectivity index (χ3n) is 5.38. The number of fused-ring (bicyclic) bond motifs is 1. The van der Waals surface area contributed by atoms with Crippen molar-refractivity contribution >= 4 is 46.1 Å². The molecular weight excluding hydrogens is 468 g/mol. The molecule has 2 amide bonds. The number of nitrogens with zero attached hydrogens (tertiary/aromatic N) is 4. The number of benzene rings is 1. The van der Waals surface area contributed by atoms with Crippen LogP contribution in [0.3, 0.4) is 0 Å². The van der Waals surface area contributed by atoms with Crippen molar-refractivity contribution in [2.75, 3.05) is 45.6 Å². The SMILES string of the molecule is COCCn1c(SCC(=O)N2CCN(C(=O)c3ccco3)CC2)nc2cc(Cl)ccc2c1=O. The Morgan fingerprint density at radius 2 is 1.94 bits per heavy atom. The van der Waals surface area contributed by atoms with E-state index in [0.717, 1.165) is 0 Å². The van der Waals surface area contributed by atoms with Crippen LogP contribution in [0.2, 0.25) is 5.02 Å². The summed E-state index contributed by atoms with van der Waals surface area (Å²) in [6.45, 7) is 2.40. The second-order valence-corrected chi connectivity index (χ2v) is 8.82. The van der Waals surface area contributed by atoms with Crippen molar-refractivity contribution in [3.63, 3.8) is 0 Å². The van der Waals surface area contributed by atoms with Crippen LogP contribution in [0.15, 0.2) is 51.0 Å². The third-order valence-corrected chi connectivity index (χ3v) is 6.57. The summed E-state index contributed by atoms with van der Waals surface area (Å²) in [4.78, 5) is 46.2. The van der Waals surface area contributed by atoms with E-state index in [1.54, 1.807) is 47.2 Å². The van der Waals surface area contributed by atoms with Crippen molar-refractivity contribution in [1.82, 2.24) is 19.4 Å². The highest BCUT2D eigenvalue weighted by Crippen LogP contribution is 2.21. The number of amides is 2. The van der Waals surface area contributed by atoms with Gasteiger partial charge in [-0.1, -0.05) is 23.4 Å². The summed E-state index contributed by atoms with van der Waals surface area (Å²) in [6, 6.07) is 8.24. The summed E-state index contributed by atoms with van der Waals surface area (Å²) in [7, 11) is 1.56. The van der Waals surface area contributed by atoms with Gasteiger partial charge < -0.3 is 19.0 Å². The first-order chi connectivity index (χ1) is 16.0. The molecule has 33 heavy (non-hydrogen) atoms. The number of rotatable bonds is 7. The topological polar surface area (TPSA) is 97.9 Å². The molecule has 1 fully saturated rings. The van der Waals surface area contributed by atoms with Crippen LogP contribution in [0.1, 0.15) is 10.6 Å². The van der Waals surface area contributed by atoms with Gasteiger partial charge in [0.05, 0.1) is 36.1 Å². The Balaban J connectivity index is 1.43. The van der Waals surface area contributed by atoms with Crippen LogP contribution in [-0.4, -0.2) is 76.8 Å². The Labute approximate surface area is 199 Å². The quantitative estimate of drug-likeness (QED) is 0.370. The summed E-state index contributed by atoms with van der Waals surface area (Å²) < 4.78 is 11.8. The van der Waals surface area contributed by atoms with E-state index in [1.165, 1.54) is 22.6 Å². The number of aromatic nitrogens is 2. The Kier molecular flexibility index (Phi) is 7.36. The number of piperazine rings is 1. The maximum Gasteiger partial charge on any atom is 0.289 e. The molecule has 174 valence electrons. The van der Waals surface area contributed by atoms with Crippen LogP contribution in [0, 0.1) is 0 Å². The van der Waals surface area contributed by atoms with Crippen molar-refractivity contribution in [2.24, 2.45) is 0 Å². The average Bonchev–Trinajstić information content (AvgIpc) is 3.36. The fourth-order valence-electron chi connectivity index (χ4n) is 3.60. The van der Waals surface area contributed by atoms with E-state index < -0.39 is 0 Å². The van der Waals surface area contributed by atoms with Crippen LogP contribution in [0.4, 0.5) is 0 Å². The molecule has 0 saturated carbocycles. The summed E-state index contributed by atoms with van der Waals surface area (Å²) in [5.41, 5.74) is 0.287. The second-order valence-electron chi connectivity index (χ2n) is 7.44. The Bertz CT molecular complexity index is 1210. The van der Waals surface area contributed by atoms with Gasteiger partial charge in [0.1, 0.15) is 0 Å². The molecule has 1 saturated heterocycles. The van der Waals surface area contributed by atoms with Crippen LogP contribution < -0.4 is 5.56 Å².